The normalized spacial score (nSPS) is 11.8. The first-order valence-corrected chi connectivity index (χ1v) is 11.6. The molecule has 0 spiro atoms. The van der Waals surface area contributed by atoms with Crippen LogP contribution in [0, 0.1) is 6.92 Å². The number of ether oxygens (including phenoxy) is 1. The summed E-state index contributed by atoms with van der Waals surface area (Å²) in [5.74, 6) is -1.26. The van der Waals surface area contributed by atoms with E-state index in [9.17, 15) is 14.4 Å². The topological polar surface area (TPSA) is 75.7 Å². The van der Waals surface area contributed by atoms with E-state index < -0.39 is 5.97 Å². The minimum absolute atomic E-state index is 0.151. The van der Waals surface area contributed by atoms with Crippen LogP contribution in [0.25, 0.3) is 0 Å². The zero-order chi connectivity index (χ0) is 23.1. The monoisotopic (exact) mass is 444 g/mol. The Hall–Kier alpha value is -2.67. The zero-order valence-electron chi connectivity index (χ0n) is 19.2. The Kier molecular flexibility index (Phi) is 8.80. The average molecular weight is 445 g/mol. The van der Waals surface area contributed by atoms with Crippen molar-refractivity contribution in [3.63, 3.8) is 0 Å². The number of nitrogens with one attached hydrogen (secondary N) is 1. The Morgan fingerprint density at radius 3 is 2.19 bits per heavy atom. The summed E-state index contributed by atoms with van der Waals surface area (Å²) in [4.78, 5) is 41.1. The zero-order valence-corrected chi connectivity index (χ0v) is 20.0. The van der Waals surface area contributed by atoms with E-state index in [0.717, 1.165) is 16.9 Å². The number of hydrogen-bond donors (Lipinski definition) is 1. The van der Waals surface area contributed by atoms with Gasteiger partial charge in [-0.15, -0.1) is 11.3 Å². The molecule has 1 unspecified atom stereocenters. The summed E-state index contributed by atoms with van der Waals surface area (Å²) < 4.78 is 5.41. The van der Waals surface area contributed by atoms with E-state index in [-0.39, 0.29) is 29.4 Å². The number of nitrogens with zero attached hydrogens (tertiary/aromatic N) is 1. The smallest absolute Gasteiger partial charge is 0.341 e. The van der Waals surface area contributed by atoms with Gasteiger partial charge in [-0.25, -0.2) is 4.79 Å². The van der Waals surface area contributed by atoms with Gasteiger partial charge in [0.05, 0.1) is 22.5 Å². The molecule has 2 rings (SSSR count). The molecule has 0 saturated heterocycles. The fraction of sp³-hybridized carbons (Fsp3) is 0.458. The van der Waals surface area contributed by atoms with Crippen LogP contribution in [0.4, 0.5) is 5.00 Å². The minimum atomic E-state index is -0.537. The molecule has 1 atom stereocenters. The maximum Gasteiger partial charge on any atom is 0.341 e. The van der Waals surface area contributed by atoms with E-state index in [2.05, 4.69) is 5.32 Å². The predicted octanol–water partition coefficient (Wildman–Crippen LogP) is 5.24. The molecule has 0 aliphatic heterocycles. The highest BCUT2D eigenvalue weighted by atomic mass is 32.1. The Bertz CT molecular complexity index is 917. The van der Waals surface area contributed by atoms with Crippen molar-refractivity contribution >= 4 is 34.1 Å². The molecule has 6 nitrogen and oxygen atoms in total. The lowest BCUT2D eigenvalue weighted by Crippen LogP contribution is -2.30. The SMILES string of the molecule is CCC(C(=O)Nc1sc(C(=O)N(CC)CC)c(C)c1C(=O)OC(C)C)c1ccccc1. The van der Waals surface area contributed by atoms with Crippen molar-refractivity contribution in [2.75, 3.05) is 18.4 Å². The number of carbonyl (C=O) groups is 3. The van der Waals surface area contributed by atoms with E-state index in [0.29, 0.717) is 35.0 Å². The molecule has 2 aromatic rings. The number of benzene rings is 1. The highest BCUT2D eigenvalue weighted by Gasteiger charge is 2.30. The number of hydrogen-bond acceptors (Lipinski definition) is 5. The minimum Gasteiger partial charge on any atom is -0.459 e. The molecule has 1 N–H and O–H groups in total. The van der Waals surface area contributed by atoms with Crippen molar-refractivity contribution < 1.29 is 19.1 Å². The summed E-state index contributed by atoms with van der Waals surface area (Å²) in [5, 5.41) is 3.27. The third kappa shape index (κ3) is 5.73. The highest BCUT2D eigenvalue weighted by molar-refractivity contribution is 7.18. The second-order valence-corrected chi connectivity index (χ2v) is 8.57. The van der Waals surface area contributed by atoms with Crippen LogP contribution in [0.15, 0.2) is 30.3 Å². The second kappa shape index (κ2) is 11.1. The second-order valence-electron chi connectivity index (χ2n) is 7.55. The Labute approximate surface area is 188 Å². The number of thiophene rings is 1. The van der Waals surface area contributed by atoms with Crippen LogP contribution in [-0.2, 0) is 9.53 Å². The lowest BCUT2D eigenvalue weighted by molar-refractivity contribution is -0.117. The molecule has 0 fully saturated rings. The maximum absolute atomic E-state index is 13.1. The molecule has 1 aromatic carbocycles. The van der Waals surface area contributed by atoms with Crippen molar-refractivity contribution in [1.29, 1.82) is 0 Å². The standard InChI is InChI=1S/C24H32N2O4S/c1-7-18(17-13-11-10-12-14-17)21(27)25-22-19(24(29)30-15(4)5)16(6)20(31-22)23(28)26(8-2)9-3/h10-15,18H,7-9H2,1-6H3,(H,25,27). The molecule has 0 aliphatic carbocycles. The van der Waals surface area contributed by atoms with Crippen molar-refractivity contribution in [1.82, 2.24) is 4.90 Å². The predicted molar refractivity (Wildman–Crippen MR) is 125 cm³/mol. The van der Waals surface area contributed by atoms with Gasteiger partial charge in [-0.05, 0) is 52.2 Å². The first-order chi connectivity index (χ1) is 14.7. The van der Waals surface area contributed by atoms with Crippen molar-refractivity contribution in [2.24, 2.45) is 0 Å². The molecule has 0 saturated carbocycles. The first kappa shape index (κ1) is 24.6. The van der Waals surface area contributed by atoms with Crippen LogP contribution in [0.3, 0.4) is 0 Å². The molecule has 31 heavy (non-hydrogen) atoms. The summed E-state index contributed by atoms with van der Waals surface area (Å²) >= 11 is 1.14. The van der Waals surface area contributed by atoms with Crippen LogP contribution in [-0.4, -0.2) is 41.9 Å². The fourth-order valence-corrected chi connectivity index (χ4v) is 4.60. The van der Waals surface area contributed by atoms with Gasteiger partial charge in [0, 0.05) is 13.1 Å². The third-order valence-electron chi connectivity index (χ3n) is 5.10. The summed E-state index contributed by atoms with van der Waals surface area (Å²) in [6.45, 7) is 12.1. The van der Waals surface area contributed by atoms with E-state index in [1.807, 2.05) is 51.1 Å². The van der Waals surface area contributed by atoms with Crippen LogP contribution in [0.1, 0.15) is 78.1 Å². The Morgan fingerprint density at radius 1 is 1.06 bits per heavy atom. The Morgan fingerprint density at radius 2 is 1.68 bits per heavy atom. The van der Waals surface area contributed by atoms with Gasteiger partial charge < -0.3 is 15.0 Å². The first-order valence-electron chi connectivity index (χ1n) is 10.7. The van der Waals surface area contributed by atoms with Crippen molar-refractivity contribution in [3.8, 4) is 0 Å². The molecule has 7 heteroatoms. The lowest BCUT2D eigenvalue weighted by atomic mass is 9.95. The summed E-state index contributed by atoms with van der Waals surface area (Å²) in [6, 6.07) is 9.52. The molecule has 0 radical (unpaired) electrons. The molecule has 1 aromatic heterocycles. The lowest BCUT2D eigenvalue weighted by Gasteiger charge is -2.18. The van der Waals surface area contributed by atoms with Crippen molar-refractivity contribution in [2.45, 2.75) is 60.0 Å². The molecule has 1 heterocycles. The van der Waals surface area contributed by atoms with Crippen LogP contribution < -0.4 is 5.32 Å². The van der Waals surface area contributed by atoms with E-state index >= 15 is 0 Å². The van der Waals surface area contributed by atoms with Crippen LogP contribution >= 0.6 is 11.3 Å². The van der Waals surface area contributed by atoms with Gasteiger partial charge in [0.1, 0.15) is 5.00 Å². The summed E-state index contributed by atoms with van der Waals surface area (Å²) in [5.41, 5.74) is 1.70. The van der Waals surface area contributed by atoms with Crippen LogP contribution in [0.5, 0.6) is 0 Å². The molecular formula is C24H32N2O4S. The summed E-state index contributed by atoms with van der Waals surface area (Å²) in [6.07, 6.45) is 0.294. The van der Waals surface area contributed by atoms with E-state index in [4.69, 9.17) is 4.74 Å². The van der Waals surface area contributed by atoms with Gasteiger partial charge in [0.15, 0.2) is 0 Å². The van der Waals surface area contributed by atoms with Crippen molar-refractivity contribution in [3.05, 3.63) is 51.9 Å². The van der Waals surface area contributed by atoms with E-state index in [1.54, 1.807) is 25.7 Å². The van der Waals surface area contributed by atoms with Gasteiger partial charge >= 0.3 is 5.97 Å². The molecular weight excluding hydrogens is 412 g/mol. The molecule has 0 aliphatic rings. The number of esters is 1. The maximum atomic E-state index is 13.1. The molecule has 0 bridgehead atoms. The van der Waals surface area contributed by atoms with Gasteiger partial charge in [-0.2, -0.15) is 0 Å². The largest absolute Gasteiger partial charge is 0.459 e. The average Bonchev–Trinajstić information content (AvgIpc) is 3.05. The van der Waals surface area contributed by atoms with E-state index in [1.165, 1.54) is 0 Å². The fourth-order valence-electron chi connectivity index (χ4n) is 3.44. The van der Waals surface area contributed by atoms with Gasteiger partial charge in [-0.1, -0.05) is 37.3 Å². The van der Waals surface area contributed by atoms with Gasteiger partial charge in [0.2, 0.25) is 5.91 Å². The summed E-state index contributed by atoms with van der Waals surface area (Å²) in [7, 11) is 0. The van der Waals surface area contributed by atoms with Gasteiger partial charge in [-0.3, -0.25) is 9.59 Å². The van der Waals surface area contributed by atoms with Gasteiger partial charge in [0.25, 0.3) is 5.91 Å². The quantitative estimate of drug-likeness (QED) is 0.537. The number of rotatable bonds is 9. The van der Waals surface area contributed by atoms with Crippen LogP contribution in [0.2, 0.25) is 0 Å². The molecule has 2 amide bonds. The molecule has 168 valence electrons. The third-order valence-corrected chi connectivity index (χ3v) is 6.30. The number of carbonyl (C=O) groups excluding carboxylic acids is 3. The number of anilines is 1. The number of amides is 2. The Balaban J connectivity index is 2.46. The highest BCUT2D eigenvalue weighted by Crippen LogP contribution is 2.36.